The molecule has 32 heavy (non-hydrogen) atoms. The first-order chi connectivity index (χ1) is 15.6. The number of guanidine groups is 1. The SMILES string of the molecule is CCC(CC)C(CNC(=NC)NCc1ccc(C(=O)N(CC)CC)cc1)N1CCOCC1. The first kappa shape index (κ1) is 26.1. The van der Waals surface area contributed by atoms with Gasteiger partial charge < -0.3 is 20.3 Å². The van der Waals surface area contributed by atoms with Crippen LogP contribution in [-0.4, -0.2) is 80.7 Å². The normalized spacial score (nSPS) is 16.1. The third kappa shape index (κ3) is 7.48. The van der Waals surface area contributed by atoms with Gasteiger partial charge >= 0.3 is 0 Å². The molecule has 7 nitrogen and oxygen atoms in total. The molecule has 0 spiro atoms. The van der Waals surface area contributed by atoms with Crippen LogP contribution in [-0.2, 0) is 11.3 Å². The highest BCUT2D eigenvalue weighted by atomic mass is 16.5. The summed E-state index contributed by atoms with van der Waals surface area (Å²) in [6.45, 7) is 15.2. The fourth-order valence-electron chi connectivity index (χ4n) is 4.40. The Balaban J connectivity index is 1.91. The molecular weight excluding hydrogens is 402 g/mol. The highest BCUT2D eigenvalue weighted by molar-refractivity contribution is 5.94. The lowest BCUT2D eigenvalue weighted by Crippen LogP contribution is -2.53. The number of nitrogens with zero attached hydrogens (tertiary/aromatic N) is 3. The molecule has 180 valence electrons. The first-order valence-corrected chi connectivity index (χ1v) is 12.2. The third-order valence-corrected chi connectivity index (χ3v) is 6.52. The topological polar surface area (TPSA) is 69.2 Å². The van der Waals surface area contributed by atoms with Crippen LogP contribution < -0.4 is 10.6 Å². The van der Waals surface area contributed by atoms with Crippen LogP contribution in [0.25, 0.3) is 0 Å². The Labute approximate surface area is 194 Å². The Morgan fingerprint density at radius 1 is 1.06 bits per heavy atom. The monoisotopic (exact) mass is 445 g/mol. The van der Waals surface area contributed by atoms with E-state index < -0.39 is 0 Å². The molecule has 0 radical (unpaired) electrons. The second-order valence-electron chi connectivity index (χ2n) is 8.27. The van der Waals surface area contributed by atoms with E-state index >= 15 is 0 Å². The van der Waals surface area contributed by atoms with E-state index in [0.29, 0.717) is 18.5 Å². The summed E-state index contributed by atoms with van der Waals surface area (Å²) in [5.74, 6) is 1.54. The molecule has 2 rings (SSSR count). The van der Waals surface area contributed by atoms with Crippen molar-refractivity contribution in [3.05, 3.63) is 35.4 Å². The predicted molar refractivity (Wildman–Crippen MR) is 132 cm³/mol. The van der Waals surface area contributed by atoms with E-state index in [4.69, 9.17) is 4.74 Å². The van der Waals surface area contributed by atoms with E-state index in [1.54, 1.807) is 0 Å². The average Bonchev–Trinajstić information content (AvgIpc) is 2.85. The van der Waals surface area contributed by atoms with Gasteiger partial charge in [-0.25, -0.2) is 0 Å². The molecule has 1 heterocycles. The van der Waals surface area contributed by atoms with Gasteiger partial charge in [0, 0.05) is 57.9 Å². The third-order valence-electron chi connectivity index (χ3n) is 6.52. The zero-order valence-electron chi connectivity index (χ0n) is 20.7. The van der Waals surface area contributed by atoms with Gasteiger partial charge in [-0.3, -0.25) is 14.7 Å². The maximum Gasteiger partial charge on any atom is 0.253 e. The van der Waals surface area contributed by atoms with Crippen molar-refractivity contribution in [3.8, 4) is 0 Å². The van der Waals surface area contributed by atoms with Crippen molar-refractivity contribution in [2.75, 3.05) is 53.0 Å². The van der Waals surface area contributed by atoms with Crippen molar-refractivity contribution >= 4 is 11.9 Å². The summed E-state index contributed by atoms with van der Waals surface area (Å²) >= 11 is 0. The summed E-state index contributed by atoms with van der Waals surface area (Å²) in [5, 5.41) is 6.95. The molecule has 0 saturated carbocycles. The van der Waals surface area contributed by atoms with Gasteiger partial charge in [0.2, 0.25) is 0 Å². The molecule has 1 fully saturated rings. The maximum absolute atomic E-state index is 12.5. The molecule has 7 heteroatoms. The van der Waals surface area contributed by atoms with Gasteiger partial charge in [0.25, 0.3) is 5.91 Å². The van der Waals surface area contributed by atoms with Crippen LogP contribution in [0.15, 0.2) is 29.3 Å². The molecule has 1 aromatic rings. The number of benzene rings is 1. The fraction of sp³-hybridized carbons (Fsp3) is 0.680. The van der Waals surface area contributed by atoms with Gasteiger partial charge in [0.1, 0.15) is 0 Å². The number of carbonyl (C=O) groups is 1. The van der Waals surface area contributed by atoms with Crippen LogP contribution in [0.3, 0.4) is 0 Å². The molecule has 1 amide bonds. The molecule has 1 aromatic carbocycles. The Morgan fingerprint density at radius 3 is 2.22 bits per heavy atom. The maximum atomic E-state index is 12.5. The molecule has 1 aliphatic rings. The fourth-order valence-corrected chi connectivity index (χ4v) is 4.40. The summed E-state index contributed by atoms with van der Waals surface area (Å²) in [4.78, 5) is 21.3. The molecule has 2 N–H and O–H groups in total. The van der Waals surface area contributed by atoms with Crippen molar-refractivity contribution < 1.29 is 9.53 Å². The molecule has 1 saturated heterocycles. The second kappa shape index (κ2) is 14.1. The minimum atomic E-state index is 0.0857. The zero-order valence-corrected chi connectivity index (χ0v) is 20.7. The number of hydrogen-bond donors (Lipinski definition) is 2. The number of hydrogen-bond acceptors (Lipinski definition) is 4. The van der Waals surface area contributed by atoms with Crippen molar-refractivity contribution in [1.82, 2.24) is 20.4 Å². The van der Waals surface area contributed by atoms with Crippen molar-refractivity contribution in [2.45, 2.75) is 53.1 Å². The van der Waals surface area contributed by atoms with Crippen molar-refractivity contribution in [1.29, 1.82) is 0 Å². The molecule has 0 aliphatic carbocycles. The van der Waals surface area contributed by atoms with E-state index in [2.05, 4.69) is 34.4 Å². The van der Waals surface area contributed by atoms with Crippen molar-refractivity contribution in [3.63, 3.8) is 0 Å². The lowest BCUT2D eigenvalue weighted by molar-refractivity contribution is 0.00272. The van der Waals surface area contributed by atoms with Gasteiger partial charge in [-0.05, 0) is 37.5 Å². The number of nitrogens with one attached hydrogen (secondary N) is 2. The summed E-state index contributed by atoms with van der Waals surface area (Å²) in [6.07, 6.45) is 2.34. The van der Waals surface area contributed by atoms with Crippen LogP contribution in [0.1, 0.15) is 56.5 Å². The first-order valence-electron chi connectivity index (χ1n) is 12.2. The van der Waals surface area contributed by atoms with Crippen LogP contribution in [0.5, 0.6) is 0 Å². The molecule has 0 aromatic heterocycles. The minimum absolute atomic E-state index is 0.0857. The van der Waals surface area contributed by atoms with E-state index in [0.717, 1.165) is 63.0 Å². The Kier molecular flexibility index (Phi) is 11.5. The van der Waals surface area contributed by atoms with E-state index in [-0.39, 0.29) is 5.91 Å². The Morgan fingerprint density at radius 2 is 1.69 bits per heavy atom. The summed E-state index contributed by atoms with van der Waals surface area (Å²) in [7, 11) is 1.81. The standard InChI is InChI=1S/C25H43N5O2/c1-6-21(7-2)23(30-14-16-32-17-15-30)19-28-25(26-5)27-18-20-10-12-22(13-11-20)24(31)29(8-3)9-4/h10-13,21,23H,6-9,14-19H2,1-5H3,(H2,26,27,28). The minimum Gasteiger partial charge on any atom is -0.379 e. The molecule has 1 atom stereocenters. The quantitative estimate of drug-likeness (QED) is 0.405. The van der Waals surface area contributed by atoms with Gasteiger partial charge in [-0.15, -0.1) is 0 Å². The van der Waals surface area contributed by atoms with Crippen LogP contribution in [0.4, 0.5) is 0 Å². The molecular formula is C25H43N5O2. The van der Waals surface area contributed by atoms with E-state index in [9.17, 15) is 4.79 Å². The van der Waals surface area contributed by atoms with Gasteiger partial charge in [-0.1, -0.05) is 38.8 Å². The van der Waals surface area contributed by atoms with E-state index in [1.165, 1.54) is 12.8 Å². The van der Waals surface area contributed by atoms with Crippen LogP contribution in [0.2, 0.25) is 0 Å². The van der Waals surface area contributed by atoms with Crippen LogP contribution >= 0.6 is 0 Å². The van der Waals surface area contributed by atoms with Gasteiger partial charge in [0.05, 0.1) is 13.2 Å². The zero-order chi connectivity index (χ0) is 23.3. The summed E-state index contributed by atoms with van der Waals surface area (Å²) in [5.41, 5.74) is 1.85. The summed E-state index contributed by atoms with van der Waals surface area (Å²) in [6, 6.07) is 8.32. The Bertz CT molecular complexity index is 693. The highest BCUT2D eigenvalue weighted by Gasteiger charge is 2.27. The number of amides is 1. The number of ether oxygens (including phenoxy) is 1. The molecule has 0 bridgehead atoms. The smallest absolute Gasteiger partial charge is 0.253 e. The van der Waals surface area contributed by atoms with Gasteiger partial charge in [0.15, 0.2) is 5.96 Å². The van der Waals surface area contributed by atoms with Gasteiger partial charge in [-0.2, -0.15) is 0 Å². The molecule has 1 unspecified atom stereocenters. The molecule has 1 aliphatic heterocycles. The average molecular weight is 446 g/mol. The number of morpholine rings is 1. The van der Waals surface area contributed by atoms with Crippen molar-refractivity contribution in [2.24, 2.45) is 10.9 Å². The second-order valence-corrected chi connectivity index (χ2v) is 8.27. The Hall–Kier alpha value is -2.12. The number of aliphatic imine (C=N–C) groups is 1. The number of carbonyl (C=O) groups excluding carboxylic acids is 1. The summed E-state index contributed by atoms with van der Waals surface area (Å²) < 4.78 is 5.56. The van der Waals surface area contributed by atoms with E-state index in [1.807, 2.05) is 50.1 Å². The highest BCUT2D eigenvalue weighted by Crippen LogP contribution is 2.19. The predicted octanol–water partition coefficient (Wildman–Crippen LogP) is 2.97. The largest absolute Gasteiger partial charge is 0.379 e. The lowest BCUT2D eigenvalue weighted by Gasteiger charge is -2.39. The number of rotatable bonds is 11. The lowest BCUT2D eigenvalue weighted by atomic mass is 9.92. The van der Waals surface area contributed by atoms with Crippen LogP contribution in [0, 0.1) is 5.92 Å².